The van der Waals surface area contributed by atoms with Gasteiger partial charge in [0.05, 0.1) is 11.3 Å². The average molecular weight is 342 g/mol. The van der Waals surface area contributed by atoms with E-state index in [1.807, 2.05) is 26.0 Å². The van der Waals surface area contributed by atoms with Crippen molar-refractivity contribution in [1.29, 1.82) is 0 Å². The van der Waals surface area contributed by atoms with Crippen LogP contribution in [-0.4, -0.2) is 23.4 Å². The summed E-state index contributed by atoms with van der Waals surface area (Å²) in [5, 5.41) is 13.5. The topological polar surface area (TPSA) is 98.5 Å². The van der Waals surface area contributed by atoms with Crippen LogP contribution in [0.2, 0.25) is 0 Å². The average Bonchev–Trinajstić information content (AvgIpc) is 2.57. The van der Waals surface area contributed by atoms with Crippen molar-refractivity contribution in [2.75, 3.05) is 11.9 Å². The fourth-order valence-corrected chi connectivity index (χ4v) is 2.21. The number of hydrogen-bond donors (Lipinski definition) is 1. The van der Waals surface area contributed by atoms with Gasteiger partial charge in [0.25, 0.3) is 11.6 Å². The van der Waals surface area contributed by atoms with Crippen LogP contribution in [0.5, 0.6) is 0 Å². The van der Waals surface area contributed by atoms with Gasteiger partial charge in [-0.2, -0.15) is 0 Å². The normalized spacial score (nSPS) is 10.2. The fourth-order valence-electron chi connectivity index (χ4n) is 2.21. The van der Waals surface area contributed by atoms with E-state index >= 15 is 0 Å². The van der Waals surface area contributed by atoms with Crippen LogP contribution < -0.4 is 5.32 Å². The molecule has 2 aromatic carbocycles. The molecule has 25 heavy (non-hydrogen) atoms. The Balaban J connectivity index is 1.88. The molecule has 0 atom stereocenters. The van der Waals surface area contributed by atoms with Crippen molar-refractivity contribution >= 4 is 23.3 Å². The van der Waals surface area contributed by atoms with Gasteiger partial charge in [0.2, 0.25) is 0 Å². The van der Waals surface area contributed by atoms with Crippen LogP contribution in [0, 0.1) is 24.0 Å². The first-order chi connectivity index (χ1) is 11.9. The summed E-state index contributed by atoms with van der Waals surface area (Å²) in [6.45, 7) is 3.44. The molecule has 0 aliphatic rings. The van der Waals surface area contributed by atoms with Crippen molar-refractivity contribution in [1.82, 2.24) is 0 Å². The van der Waals surface area contributed by atoms with Gasteiger partial charge in [-0.15, -0.1) is 0 Å². The van der Waals surface area contributed by atoms with Crippen molar-refractivity contribution in [2.24, 2.45) is 0 Å². The van der Waals surface area contributed by atoms with Crippen LogP contribution in [0.15, 0.2) is 42.5 Å². The van der Waals surface area contributed by atoms with E-state index in [1.165, 1.54) is 18.2 Å². The Morgan fingerprint density at radius 1 is 1.12 bits per heavy atom. The number of rotatable bonds is 6. The maximum absolute atomic E-state index is 11.8. The van der Waals surface area contributed by atoms with Crippen LogP contribution in [-0.2, 0) is 20.7 Å². The van der Waals surface area contributed by atoms with Gasteiger partial charge in [0.1, 0.15) is 0 Å². The van der Waals surface area contributed by atoms with E-state index in [9.17, 15) is 19.7 Å². The van der Waals surface area contributed by atoms with Gasteiger partial charge >= 0.3 is 5.97 Å². The Hall–Kier alpha value is -3.22. The van der Waals surface area contributed by atoms with Gasteiger partial charge in [-0.1, -0.05) is 24.3 Å². The predicted molar refractivity (Wildman–Crippen MR) is 92.3 cm³/mol. The number of nitro benzene ring substituents is 1. The van der Waals surface area contributed by atoms with E-state index in [-0.39, 0.29) is 17.7 Å². The predicted octanol–water partition coefficient (Wildman–Crippen LogP) is 2.94. The molecule has 0 aliphatic heterocycles. The molecule has 0 aromatic heterocycles. The summed E-state index contributed by atoms with van der Waals surface area (Å²) in [6, 6.07) is 11.4. The van der Waals surface area contributed by atoms with Crippen LogP contribution in [0.4, 0.5) is 11.4 Å². The number of para-hydroxylation sites is 1. The number of carbonyl (C=O) groups excluding carboxylic acids is 2. The molecule has 0 saturated carbocycles. The summed E-state index contributed by atoms with van der Waals surface area (Å²) in [5.41, 5.74) is 2.84. The molecule has 1 amide bonds. The highest BCUT2D eigenvalue weighted by molar-refractivity contribution is 5.93. The standard InChI is InChI=1S/C18H18N2O5/c1-12-7-8-15(9-13(12)2)19-17(21)11-25-18(22)10-14-5-3-4-6-16(14)20(23)24/h3-9H,10-11H2,1-2H3,(H,19,21). The SMILES string of the molecule is Cc1ccc(NC(=O)COC(=O)Cc2ccccc2[N+](=O)[O-])cc1C. The molecule has 2 aromatic rings. The number of ether oxygens (including phenoxy) is 1. The number of nitrogens with zero attached hydrogens (tertiary/aromatic N) is 1. The Bertz CT molecular complexity index is 817. The van der Waals surface area contributed by atoms with E-state index in [2.05, 4.69) is 5.32 Å². The molecule has 0 spiro atoms. The number of esters is 1. The van der Waals surface area contributed by atoms with E-state index in [0.717, 1.165) is 11.1 Å². The quantitative estimate of drug-likeness (QED) is 0.494. The maximum Gasteiger partial charge on any atom is 0.311 e. The lowest BCUT2D eigenvalue weighted by atomic mass is 10.1. The molecule has 0 bridgehead atoms. The number of carbonyl (C=O) groups is 2. The first kappa shape index (κ1) is 18.1. The fraction of sp³-hybridized carbons (Fsp3) is 0.222. The summed E-state index contributed by atoms with van der Waals surface area (Å²) in [5.74, 6) is -1.18. The lowest BCUT2D eigenvalue weighted by Gasteiger charge is -2.08. The minimum atomic E-state index is -0.704. The molecule has 0 saturated heterocycles. The van der Waals surface area contributed by atoms with Crippen molar-refractivity contribution < 1.29 is 19.2 Å². The lowest BCUT2D eigenvalue weighted by Crippen LogP contribution is -2.21. The lowest BCUT2D eigenvalue weighted by molar-refractivity contribution is -0.385. The van der Waals surface area contributed by atoms with Gasteiger partial charge in [0.15, 0.2) is 6.61 Å². The Morgan fingerprint density at radius 3 is 2.52 bits per heavy atom. The molecule has 2 rings (SSSR count). The monoisotopic (exact) mass is 342 g/mol. The summed E-state index contributed by atoms with van der Waals surface area (Å²) >= 11 is 0. The number of amides is 1. The molecule has 1 N–H and O–H groups in total. The van der Waals surface area contributed by atoms with Crippen LogP contribution in [0.3, 0.4) is 0 Å². The highest BCUT2D eigenvalue weighted by atomic mass is 16.6. The van der Waals surface area contributed by atoms with Crippen LogP contribution in [0.1, 0.15) is 16.7 Å². The Kier molecular flexibility index (Phi) is 5.84. The second-order valence-electron chi connectivity index (χ2n) is 5.57. The van der Waals surface area contributed by atoms with E-state index < -0.39 is 23.4 Å². The zero-order valence-corrected chi connectivity index (χ0v) is 13.9. The number of benzene rings is 2. The van der Waals surface area contributed by atoms with Crippen molar-refractivity contribution in [2.45, 2.75) is 20.3 Å². The van der Waals surface area contributed by atoms with E-state index in [1.54, 1.807) is 12.1 Å². The van der Waals surface area contributed by atoms with Crippen LogP contribution >= 0.6 is 0 Å². The summed E-state index contributed by atoms with van der Waals surface area (Å²) in [6.07, 6.45) is -0.270. The summed E-state index contributed by atoms with van der Waals surface area (Å²) in [4.78, 5) is 34.0. The number of nitro groups is 1. The molecule has 0 heterocycles. The molecular formula is C18H18N2O5. The summed E-state index contributed by atoms with van der Waals surface area (Å²) in [7, 11) is 0. The molecule has 0 unspecified atom stereocenters. The minimum Gasteiger partial charge on any atom is -0.455 e. The van der Waals surface area contributed by atoms with Gasteiger partial charge in [0, 0.05) is 17.3 Å². The number of nitrogens with one attached hydrogen (secondary N) is 1. The highest BCUT2D eigenvalue weighted by Gasteiger charge is 2.17. The molecule has 0 aliphatic carbocycles. The number of aryl methyl sites for hydroxylation is 2. The Morgan fingerprint density at radius 2 is 1.84 bits per heavy atom. The highest BCUT2D eigenvalue weighted by Crippen LogP contribution is 2.18. The van der Waals surface area contributed by atoms with Gasteiger partial charge in [-0.25, -0.2) is 0 Å². The zero-order valence-electron chi connectivity index (χ0n) is 13.9. The third-order valence-electron chi connectivity index (χ3n) is 3.68. The molecular weight excluding hydrogens is 324 g/mol. The van der Waals surface area contributed by atoms with E-state index in [4.69, 9.17) is 4.74 Å². The molecule has 130 valence electrons. The van der Waals surface area contributed by atoms with E-state index in [0.29, 0.717) is 5.69 Å². The first-order valence-electron chi connectivity index (χ1n) is 7.62. The third-order valence-corrected chi connectivity index (χ3v) is 3.68. The van der Waals surface area contributed by atoms with Crippen molar-refractivity contribution in [3.63, 3.8) is 0 Å². The third kappa shape index (κ3) is 5.13. The van der Waals surface area contributed by atoms with Crippen molar-refractivity contribution in [3.05, 3.63) is 69.3 Å². The molecule has 7 nitrogen and oxygen atoms in total. The van der Waals surface area contributed by atoms with Gasteiger partial charge in [-0.05, 0) is 37.1 Å². The molecule has 7 heteroatoms. The molecule has 0 fully saturated rings. The maximum atomic E-state index is 11.8. The van der Waals surface area contributed by atoms with Gasteiger partial charge in [-0.3, -0.25) is 19.7 Å². The van der Waals surface area contributed by atoms with Gasteiger partial charge < -0.3 is 10.1 Å². The van der Waals surface area contributed by atoms with Crippen molar-refractivity contribution in [3.8, 4) is 0 Å². The summed E-state index contributed by atoms with van der Waals surface area (Å²) < 4.78 is 4.90. The second-order valence-corrected chi connectivity index (χ2v) is 5.57. The minimum absolute atomic E-state index is 0.154. The second kappa shape index (κ2) is 8.05. The number of anilines is 1. The zero-order chi connectivity index (χ0) is 18.4. The number of hydrogen-bond acceptors (Lipinski definition) is 5. The molecule has 0 radical (unpaired) electrons. The van der Waals surface area contributed by atoms with Crippen LogP contribution in [0.25, 0.3) is 0 Å². The first-order valence-corrected chi connectivity index (χ1v) is 7.62. The smallest absolute Gasteiger partial charge is 0.311 e. The largest absolute Gasteiger partial charge is 0.455 e. The Labute approximate surface area is 144 Å².